The summed E-state index contributed by atoms with van der Waals surface area (Å²) in [6, 6.07) is 16.5. The largest absolute Gasteiger partial charge is 0.495 e. The Hall–Kier alpha value is -2.31. The molecule has 0 aliphatic heterocycles. The lowest BCUT2D eigenvalue weighted by Crippen LogP contribution is -2.12. The molecule has 0 radical (unpaired) electrons. The molecule has 21 heavy (non-hydrogen) atoms. The molecule has 2 aromatic rings. The molecule has 0 aliphatic carbocycles. The van der Waals surface area contributed by atoms with Crippen LogP contribution in [0.15, 0.2) is 42.5 Å². The molecule has 1 N–H and O–H groups in total. The molecule has 0 aliphatic rings. The van der Waals surface area contributed by atoms with E-state index in [0.29, 0.717) is 11.3 Å². The van der Waals surface area contributed by atoms with Crippen LogP contribution in [0.5, 0.6) is 5.75 Å². The van der Waals surface area contributed by atoms with E-state index >= 15 is 0 Å². The zero-order valence-corrected chi connectivity index (χ0v) is 12.5. The number of nitrogens with one attached hydrogen (secondary N) is 1. The van der Waals surface area contributed by atoms with Crippen molar-refractivity contribution in [3.05, 3.63) is 64.7 Å². The maximum Gasteiger partial charge on any atom is 0.136 e. The summed E-state index contributed by atoms with van der Waals surface area (Å²) in [6.45, 7) is 3.70. The first-order valence-electron chi connectivity index (χ1n) is 7.12. The predicted octanol–water partition coefficient (Wildman–Crippen LogP) is 3.42. The number of nitrogens with zero attached hydrogens (tertiary/aromatic N) is 1. The smallest absolute Gasteiger partial charge is 0.136 e. The minimum absolute atomic E-state index is 0.573. The van der Waals surface area contributed by atoms with E-state index in [-0.39, 0.29) is 0 Å². The van der Waals surface area contributed by atoms with Crippen LogP contribution in [0.1, 0.15) is 29.2 Å². The van der Waals surface area contributed by atoms with Gasteiger partial charge in [0.25, 0.3) is 0 Å². The fourth-order valence-electron chi connectivity index (χ4n) is 2.20. The zero-order chi connectivity index (χ0) is 15.1. The Bertz CT molecular complexity index is 627. The van der Waals surface area contributed by atoms with Gasteiger partial charge in [-0.2, -0.15) is 5.26 Å². The molecule has 0 spiro atoms. The number of ether oxygens (including phenoxy) is 1. The Morgan fingerprint density at radius 1 is 1.00 bits per heavy atom. The minimum Gasteiger partial charge on any atom is -0.495 e. The lowest BCUT2D eigenvalue weighted by molar-refractivity contribution is 0.413. The number of aryl methyl sites for hydroxylation is 1. The lowest BCUT2D eigenvalue weighted by Gasteiger charge is -2.08. The maximum atomic E-state index is 9.08. The van der Waals surface area contributed by atoms with Gasteiger partial charge in [0, 0.05) is 13.1 Å². The van der Waals surface area contributed by atoms with E-state index in [9.17, 15) is 0 Å². The average molecular weight is 280 g/mol. The summed E-state index contributed by atoms with van der Waals surface area (Å²) < 4.78 is 5.14. The van der Waals surface area contributed by atoms with Crippen molar-refractivity contribution < 1.29 is 4.74 Å². The molecule has 0 aromatic heterocycles. The Morgan fingerprint density at radius 2 is 1.62 bits per heavy atom. The number of rotatable bonds is 6. The Morgan fingerprint density at radius 3 is 2.24 bits per heavy atom. The Balaban J connectivity index is 1.92. The molecule has 0 saturated carbocycles. The summed E-state index contributed by atoms with van der Waals surface area (Å²) in [6.07, 6.45) is 1.07. The van der Waals surface area contributed by atoms with Crippen LogP contribution in [0.4, 0.5) is 0 Å². The Labute approximate surface area is 126 Å². The first kappa shape index (κ1) is 15.1. The highest BCUT2D eigenvalue weighted by Crippen LogP contribution is 2.18. The van der Waals surface area contributed by atoms with Crippen molar-refractivity contribution >= 4 is 0 Å². The topological polar surface area (TPSA) is 45.0 Å². The van der Waals surface area contributed by atoms with Crippen molar-refractivity contribution in [1.29, 1.82) is 5.26 Å². The zero-order valence-electron chi connectivity index (χ0n) is 12.5. The first-order valence-corrected chi connectivity index (χ1v) is 7.12. The molecule has 3 heteroatoms. The number of nitriles is 1. The van der Waals surface area contributed by atoms with E-state index in [4.69, 9.17) is 10.00 Å². The SMILES string of the molecule is CCc1ccc(CNCc2ccc(OC)c(C#N)c2)cc1. The predicted molar refractivity (Wildman–Crippen MR) is 84.1 cm³/mol. The van der Waals surface area contributed by atoms with Crippen LogP contribution in [0.25, 0.3) is 0 Å². The number of hydrogen-bond donors (Lipinski definition) is 1. The fraction of sp³-hybridized carbons (Fsp3) is 0.278. The standard InChI is InChI=1S/C18H20N2O/c1-3-14-4-6-15(7-5-14)12-20-13-16-8-9-18(21-2)17(10-16)11-19/h4-10,20H,3,12-13H2,1-2H3. The minimum atomic E-state index is 0.573. The van der Waals surface area contributed by atoms with Gasteiger partial charge < -0.3 is 10.1 Å². The molecule has 0 unspecified atom stereocenters. The van der Waals surface area contributed by atoms with E-state index < -0.39 is 0 Å². The van der Waals surface area contributed by atoms with E-state index in [0.717, 1.165) is 25.1 Å². The molecule has 0 bridgehead atoms. The second-order valence-corrected chi connectivity index (χ2v) is 4.92. The van der Waals surface area contributed by atoms with Crippen molar-refractivity contribution in [2.45, 2.75) is 26.4 Å². The van der Waals surface area contributed by atoms with Gasteiger partial charge in [-0.25, -0.2) is 0 Å². The van der Waals surface area contributed by atoms with Gasteiger partial charge in [-0.1, -0.05) is 37.3 Å². The average Bonchev–Trinajstić information content (AvgIpc) is 2.55. The van der Waals surface area contributed by atoms with Crippen LogP contribution >= 0.6 is 0 Å². The van der Waals surface area contributed by atoms with Crippen molar-refractivity contribution in [3.8, 4) is 11.8 Å². The van der Waals surface area contributed by atoms with Crippen molar-refractivity contribution in [2.24, 2.45) is 0 Å². The van der Waals surface area contributed by atoms with E-state index in [1.54, 1.807) is 7.11 Å². The molecule has 0 atom stereocenters. The summed E-state index contributed by atoms with van der Waals surface area (Å²) in [5.41, 5.74) is 4.27. The van der Waals surface area contributed by atoms with Crippen LogP contribution in [0.2, 0.25) is 0 Å². The second kappa shape index (κ2) is 7.47. The monoisotopic (exact) mass is 280 g/mol. The van der Waals surface area contributed by atoms with Crippen LogP contribution < -0.4 is 10.1 Å². The van der Waals surface area contributed by atoms with Crippen LogP contribution in [0, 0.1) is 11.3 Å². The summed E-state index contributed by atoms with van der Waals surface area (Å²) in [4.78, 5) is 0. The van der Waals surface area contributed by atoms with Crippen molar-refractivity contribution in [1.82, 2.24) is 5.32 Å². The number of methoxy groups -OCH3 is 1. The third-order valence-electron chi connectivity index (χ3n) is 3.47. The van der Waals surface area contributed by atoms with Crippen LogP contribution in [-0.4, -0.2) is 7.11 Å². The maximum absolute atomic E-state index is 9.08. The van der Waals surface area contributed by atoms with Gasteiger partial charge in [-0.3, -0.25) is 0 Å². The normalized spacial score (nSPS) is 10.1. The molecule has 3 nitrogen and oxygen atoms in total. The quantitative estimate of drug-likeness (QED) is 0.882. The third-order valence-corrected chi connectivity index (χ3v) is 3.47. The summed E-state index contributed by atoms with van der Waals surface area (Å²) in [5.74, 6) is 0.622. The summed E-state index contributed by atoms with van der Waals surface area (Å²) in [7, 11) is 1.58. The van der Waals surface area contributed by atoms with E-state index in [2.05, 4.69) is 42.6 Å². The van der Waals surface area contributed by atoms with E-state index in [1.807, 2.05) is 18.2 Å². The van der Waals surface area contributed by atoms with Gasteiger partial charge in [0.15, 0.2) is 0 Å². The van der Waals surface area contributed by atoms with Crippen molar-refractivity contribution in [2.75, 3.05) is 7.11 Å². The molecule has 0 fully saturated rings. The number of hydrogen-bond acceptors (Lipinski definition) is 3. The lowest BCUT2D eigenvalue weighted by atomic mass is 10.1. The van der Waals surface area contributed by atoms with E-state index in [1.165, 1.54) is 11.1 Å². The Kier molecular flexibility index (Phi) is 5.36. The van der Waals surface area contributed by atoms with Crippen LogP contribution in [0.3, 0.4) is 0 Å². The van der Waals surface area contributed by atoms with Gasteiger partial charge in [0.1, 0.15) is 11.8 Å². The molecule has 2 aromatic carbocycles. The van der Waals surface area contributed by atoms with Gasteiger partial charge >= 0.3 is 0 Å². The van der Waals surface area contributed by atoms with Crippen molar-refractivity contribution in [3.63, 3.8) is 0 Å². The molecular weight excluding hydrogens is 260 g/mol. The first-order chi connectivity index (χ1) is 10.3. The summed E-state index contributed by atoms with van der Waals surface area (Å²) >= 11 is 0. The number of benzene rings is 2. The summed E-state index contributed by atoms with van der Waals surface area (Å²) in [5, 5.41) is 12.5. The molecule has 0 amide bonds. The highest BCUT2D eigenvalue weighted by atomic mass is 16.5. The molecule has 2 rings (SSSR count). The molecule has 0 heterocycles. The highest BCUT2D eigenvalue weighted by Gasteiger charge is 2.03. The van der Waals surface area contributed by atoms with Crippen LogP contribution in [-0.2, 0) is 19.5 Å². The van der Waals surface area contributed by atoms with Gasteiger partial charge in [0.05, 0.1) is 12.7 Å². The molecule has 0 saturated heterocycles. The fourth-order valence-corrected chi connectivity index (χ4v) is 2.20. The van der Waals surface area contributed by atoms with Gasteiger partial charge in [0.2, 0.25) is 0 Å². The highest BCUT2D eigenvalue weighted by molar-refractivity contribution is 5.45. The molecule has 108 valence electrons. The van der Waals surface area contributed by atoms with Gasteiger partial charge in [-0.05, 0) is 35.2 Å². The third kappa shape index (κ3) is 4.08. The molecular formula is C18H20N2O. The van der Waals surface area contributed by atoms with Gasteiger partial charge in [-0.15, -0.1) is 0 Å². The second-order valence-electron chi connectivity index (χ2n) is 4.92.